The van der Waals surface area contributed by atoms with Crippen LogP contribution in [0.5, 0.6) is 11.5 Å². The molecule has 0 saturated heterocycles. The summed E-state index contributed by atoms with van der Waals surface area (Å²) in [5.41, 5.74) is -0.0724. The van der Waals surface area contributed by atoms with Crippen molar-refractivity contribution < 1.29 is 23.8 Å². The number of rotatable bonds is 7. The van der Waals surface area contributed by atoms with Gasteiger partial charge in [0, 0.05) is 12.3 Å². The van der Waals surface area contributed by atoms with Crippen LogP contribution >= 0.6 is 0 Å². The van der Waals surface area contributed by atoms with Crippen molar-refractivity contribution in [1.82, 2.24) is 4.57 Å². The fourth-order valence-electron chi connectivity index (χ4n) is 2.03. The lowest BCUT2D eigenvalue weighted by Gasteiger charge is -2.10. The summed E-state index contributed by atoms with van der Waals surface area (Å²) in [5.74, 6) is -0.268. The standard InChI is InChI=1S/C17H17NO6/c1-22-12-6-7-15(23-2)13(9-12)14(19)11-24-17(21)10-18-8-4-3-5-16(18)20/h3-9H,10-11H2,1-2H3. The molecule has 0 amide bonds. The molecule has 0 fully saturated rings. The van der Waals surface area contributed by atoms with Gasteiger partial charge in [-0.15, -0.1) is 0 Å². The highest BCUT2D eigenvalue weighted by Crippen LogP contribution is 2.24. The molecule has 0 unspecified atom stereocenters. The van der Waals surface area contributed by atoms with Crippen molar-refractivity contribution in [2.45, 2.75) is 6.54 Å². The second kappa shape index (κ2) is 7.96. The number of ether oxygens (including phenoxy) is 3. The second-order valence-corrected chi connectivity index (χ2v) is 4.82. The number of ketones is 1. The molecule has 7 nitrogen and oxygen atoms in total. The molecule has 0 radical (unpaired) electrons. The number of Topliss-reactive ketones (excluding diaryl/α,β-unsaturated/α-hetero) is 1. The van der Waals surface area contributed by atoms with Crippen LogP contribution in [0.15, 0.2) is 47.4 Å². The number of hydrogen-bond acceptors (Lipinski definition) is 6. The number of carbonyl (C=O) groups is 2. The van der Waals surface area contributed by atoms with Crippen LogP contribution in [-0.4, -0.2) is 37.1 Å². The van der Waals surface area contributed by atoms with Crippen molar-refractivity contribution in [3.05, 3.63) is 58.5 Å². The molecule has 0 N–H and O–H groups in total. The van der Waals surface area contributed by atoms with E-state index in [1.54, 1.807) is 24.3 Å². The number of esters is 1. The highest BCUT2D eigenvalue weighted by molar-refractivity contribution is 6.00. The molecule has 126 valence electrons. The molecule has 2 aromatic rings. The van der Waals surface area contributed by atoms with E-state index >= 15 is 0 Å². The lowest BCUT2D eigenvalue weighted by molar-refractivity contribution is -0.143. The van der Waals surface area contributed by atoms with Crippen molar-refractivity contribution in [3.63, 3.8) is 0 Å². The quantitative estimate of drug-likeness (QED) is 0.561. The summed E-state index contributed by atoms with van der Waals surface area (Å²) in [6.07, 6.45) is 1.47. The fourth-order valence-corrected chi connectivity index (χ4v) is 2.03. The Morgan fingerprint density at radius 3 is 2.54 bits per heavy atom. The Kier molecular flexibility index (Phi) is 5.73. The van der Waals surface area contributed by atoms with Crippen molar-refractivity contribution in [3.8, 4) is 11.5 Å². The van der Waals surface area contributed by atoms with Crippen molar-refractivity contribution in [1.29, 1.82) is 0 Å². The summed E-state index contributed by atoms with van der Waals surface area (Å²) in [5, 5.41) is 0. The van der Waals surface area contributed by atoms with E-state index in [9.17, 15) is 14.4 Å². The number of nitrogens with zero attached hydrogens (tertiary/aromatic N) is 1. The van der Waals surface area contributed by atoms with Gasteiger partial charge in [0.15, 0.2) is 6.61 Å². The van der Waals surface area contributed by atoms with E-state index in [4.69, 9.17) is 14.2 Å². The zero-order chi connectivity index (χ0) is 17.5. The van der Waals surface area contributed by atoms with Crippen molar-refractivity contribution in [2.75, 3.05) is 20.8 Å². The van der Waals surface area contributed by atoms with E-state index in [0.29, 0.717) is 11.5 Å². The third-order valence-corrected chi connectivity index (χ3v) is 3.27. The van der Waals surface area contributed by atoms with Crippen LogP contribution in [0.4, 0.5) is 0 Å². The molecule has 0 spiro atoms. The van der Waals surface area contributed by atoms with Gasteiger partial charge in [-0.25, -0.2) is 0 Å². The first-order valence-electron chi connectivity index (χ1n) is 7.11. The lowest BCUT2D eigenvalue weighted by Crippen LogP contribution is -2.25. The van der Waals surface area contributed by atoms with Crippen LogP contribution in [0.3, 0.4) is 0 Å². The molecule has 0 saturated carbocycles. The van der Waals surface area contributed by atoms with Gasteiger partial charge >= 0.3 is 5.97 Å². The highest BCUT2D eigenvalue weighted by Gasteiger charge is 2.16. The van der Waals surface area contributed by atoms with Gasteiger partial charge in [0.25, 0.3) is 5.56 Å². The largest absolute Gasteiger partial charge is 0.497 e. The molecule has 0 aliphatic rings. The molecule has 0 atom stereocenters. The highest BCUT2D eigenvalue weighted by atomic mass is 16.5. The molecule has 24 heavy (non-hydrogen) atoms. The fraction of sp³-hybridized carbons (Fsp3) is 0.235. The van der Waals surface area contributed by atoms with Crippen LogP contribution < -0.4 is 15.0 Å². The predicted octanol–water partition coefficient (Wildman–Crippen LogP) is 1.29. The molecule has 1 heterocycles. The predicted molar refractivity (Wildman–Crippen MR) is 85.5 cm³/mol. The summed E-state index contributed by atoms with van der Waals surface area (Å²) >= 11 is 0. The molecule has 0 bridgehead atoms. The van der Waals surface area contributed by atoms with Gasteiger partial charge in [0.1, 0.15) is 18.0 Å². The van der Waals surface area contributed by atoms with Crippen LogP contribution in [-0.2, 0) is 16.1 Å². The van der Waals surface area contributed by atoms with Crippen LogP contribution in [0.1, 0.15) is 10.4 Å². The topological polar surface area (TPSA) is 83.8 Å². The van der Waals surface area contributed by atoms with E-state index in [2.05, 4.69) is 0 Å². The summed E-state index contributed by atoms with van der Waals surface area (Å²) in [6, 6.07) is 9.29. The summed E-state index contributed by atoms with van der Waals surface area (Å²) < 4.78 is 16.3. The zero-order valence-corrected chi connectivity index (χ0v) is 13.4. The van der Waals surface area contributed by atoms with Crippen molar-refractivity contribution in [2.24, 2.45) is 0 Å². The van der Waals surface area contributed by atoms with Crippen LogP contribution in [0, 0.1) is 0 Å². The third-order valence-electron chi connectivity index (χ3n) is 3.27. The maximum absolute atomic E-state index is 12.2. The van der Waals surface area contributed by atoms with E-state index in [1.807, 2.05) is 0 Å². The van der Waals surface area contributed by atoms with Gasteiger partial charge in [0.05, 0.1) is 19.8 Å². The minimum absolute atomic E-state index is 0.251. The Bertz CT molecular complexity index is 796. The summed E-state index contributed by atoms with van der Waals surface area (Å²) in [4.78, 5) is 35.5. The number of benzene rings is 1. The van der Waals surface area contributed by atoms with E-state index in [0.717, 1.165) is 0 Å². The third kappa shape index (κ3) is 4.22. The first kappa shape index (κ1) is 17.3. The lowest BCUT2D eigenvalue weighted by atomic mass is 10.1. The minimum atomic E-state index is -0.682. The number of methoxy groups -OCH3 is 2. The van der Waals surface area contributed by atoms with E-state index in [1.165, 1.54) is 37.1 Å². The van der Waals surface area contributed by atoms with E-state index in [-0.39, 0.29) is 17.7 Å². The van der Waals surface area contributed by atoms with Gasteiger partial charge in [-0.2, -0.15) is 0 Å². The Balaban J connectivity index is 2.01. The van der Waals surface area contributed by atoms with Gasteiger partial charge in [0.2, 0.25) is 5.78 Å². The van der Waals surface area contributed by atoms with E-state index < -0.39 is 18.4 Å². The SMILES string of the molecule is COc1ccc(OC)c(C(=O)COC(=O)Cn2ccccc2=O)c1. The first-order valence-corrected chi connectivity index (χ1v) is 7.11. The smallest absolute Gasteiger partial charge is 0.326 e. The average Bonchev–Trinajstić information content (AvgIpc) is 2.61. The molecule has 2 rings (SSSR count). The summed E-state index contributed by atoms with van der Waals surface area (Å²) in [6.45, 7) is -0.716. The number of pyridine rings is 1. The Hall–Kier alpha value is -3.09. The number of hydrogen-bond donors (Lipinski definition) is 0. The first-order chi connectivity index (χ1) is 11.5. The van der Waals surface area contributed by atoms with Gasteiger partial charge in [-0.05, 0) is 24.3 Å². The Morgan fingerprint density at radius 1 is 1.08 bits per heavy atom. The monoisotopic (exact) mass is 331 g/mol. The molecule has 7 heteroatoms. The number of aromatic nitrogens is 1. The number of carbonyl (C=O) groups excluding carboxylic acids is 2. The summed E-state index contributed by atoms with van der Waals surface area (Å²) in [7, 11) is 2.92. The molecule has 0 aliphatic carbocycles. The van der Waals surface area contributed by atoms with Gasteiger partial charge in [-0.1, -0.05) is 6.07 Å². The molecular weight excluding hydrogens is 314 g/mol. The normalized spacial score (nSPS) is 10.1. The van der Waals surface area contributed by atoms with Gasteiger partial charge in [-0.3, -0.25) is 14.4 Å². The zero-order valence-electron chi connectivity index (χ0n) is 13.4. The Labute approximate surface area is 138 Å². The van der Waals surface area contributed by atoms with Crippen LogP contribution in [0.2, 0.25) is 0 Å². The van der Waals surface area contributed by atoms with Crippen LogP contribution in [0.25, 0.3) is 0 Å². The maximum atomic E-state index is 12.2. The minimum Gasteiger partial charge on any atom is -0.497 e. The average molecular weight is 331 g/mol. The molecule has 1 aromatic carbocycles. The molecule has 1 aromatic heterocycles. The Morgan fingerprint density at radius 2 is 1.88 bits per heavy atom. The molecular formula is C17H17NO6. The van der Waals surface area contributed by atoms with Gasteiger partial charge < -0.3 is 18.8 Å². The molecule has 0 aliphatic heterocycles. The second-order valence-electron chi connectivity index (χ2n) is 4.82. The van der Waals surface area contributed by atoms with Crippen molar-refractivity contribution >= 4 is 11.8 Å². The maximum Gasteiger partial charge on any atom is 0.326 e.